The van der Waals surface area contributed by atoms with Gasteiger partial charge in [0.05, 0.1) is 11.3 Å². The lowest BCUT2D eigenvalue weighted by atomic mass is 10.1. The average Bonchev–Trinajstić information content (AvgIpc) is 2.48. The van der Waals surface area contributed by atoms with Crippen molar-refractivity contribution < 1.29 is 0 Å². The Morgan fingerprint density at radius 3 is 2.86 bits per heavy atom. The van der Waals surface area contributed by atoms with Gasteiger partial charge in [0.25, 0.3) is 5.56 Å². The van der Waals surface area contributed by atoms with E-state index in [1.165, 1.54) is 5.56 Å². The largest absolute Gasteiger partial charge is 0.300 e. The van der Waals surface area contributed by atoms with Crippen LogP contribution < -0.4 is 5.56 Å². The number of rotatable bonds is 2. The van der Waals surface area contributed by atoms with E-state index in [9.17, 15) is 4.79 Å². The summed E-state index contributed by atoms with van der Waals surface area (Å²) in [5.41, 5.74) is 3.16. The molecule has 3 rings (SSSR count). The Balaban J connectivity index is 1.87. The predicted octanol–water partition coefficient (Wildman–Crippen LogP) is 2.41. The Kier molecular flexibility index (Phi) is 3.95. The number of nitrogens with zero attached hydrogens (tertiary/aromatic N) is 3. The van der Waals surface area contributed by atoms with Crippen LogP contribution in [0.2, 0.25) is 0 Å². The topological polar surface area (TPSA) is 38.1 Å². The van der Waals surface area contributed by atoms with Gasteiger partial charge in [0.2, 0.25) is 0 Å². The van der Waals surface area contributed by atoms with Gasteiger partial charge in [0, 0.05) is 37.6 Å². The molecule has 0 N–H and O–H groups in total. The molecule has 0 unspecified atom stereocenters. The molecule has 0 fully saturated rings. The van der Waals surface area contributed by atoms with E-state index in [1.807, 2.05) is 19.1 Å². The van der Waals surface area contributed by atoms with Crippen molar-refractivity contribution in [2.24, 2.45) is 7.05 Å². The highest BCUT2D eigenvalue weighted by molar-refractivity contribution is 9.10. The number of hydrogen-bond donors (Lipinski definition) is 0. The van der Waals surface area contributed by atoms with Crippen LogP contribution in [0, 0.1) is 6.92 Å². The molecule has 110 valence electrons. The molecular weight excluding hydrogens is 330 g/mol. The monoisotopic (exact) mass is 347 g/mol. The first-order valence-corrected chi connectivity index (χ1v) is 7.86. The highest BCUT2D eigenvalue weighted by atomic mass is 79.9. The third kappa shape index (κ3) is 2.80. The Bertz CT molecular complexity index is 739. The van der Waals surface area contributed by atoms with Crippen LogP contribution >= 0.6 is 15.9 Å². The summed E-state index contributed by atoms with van der Waals surface area (Å²) in [6, 6.07) is 8.23. The smallest absolute Gasteiger partial charge is 0.257 e. The van der Waals surface area contributed by atoms with Gasteiger partial charge in [-0.25, -0.2) is 4.98 Å². The van der Waals surface area contributed by atoms with E-state index in [0.29, 0.717) is 6.54 Å². The molecule has 5 heteroatoms. The Morgan fingerprint density at radius 2 is 2.10 bits per heavy atom. The van der Waals surface area contributed by atoms with E-state index < -0.39 is 0 Å². The SMILES string of the molecule is Cc1nc2c(c(=O)n1C)CN(Cc1ccccc1Br)CC2. The van der Waals surface area contributed by atoms with Gasteiger partial charge >= 0.3 is 0 Å². The molecule has 1 aromatic carbocycles. The molecule has 1 aliphatic rings. The summed E-state index contributed by atoms with van der Waals surface area (Å²) < 4.78 is 2.76. The quantitative estimate of drug-likeness (QED) is 0.837. The number of aromatic nitrogens is 2. The predicted molar refractivity (Wildman–Crippen MR) is 86.2 cm³/mol. The van der Waals surface area contributed by atoms with Crippen molar-refractivity contribution >= 4 is 15.9 Å². The minimum absolute atomic E-state index is 0.0920. The number of hydrogen-bond acceptors (Lipinski definition) is 3. The first kappa shape index (κ1) is 14.5. The van der Waals surface area contributed by atoms with Crippen LogP contribution in [0.5, 0.6) is 0 Å². The highest BCUT2D eigenvalue weighted by Gasteiger charge is 2.22. The zero-order chi connectivity index (χ0) is 15.0. The molecular formula is C16H18BrN3O. The fraction of sp³-hybridized carbons (Fsp3) is 0.375. The second kappa shape index (κ2) is 5.73. The minimum atomic E-state index is 0.0920. The lowest BCUT2D eigenvalue weighted by Crippen LogP contribution is -2.37. The summed E-state index contributed by atoms with van der Waals surface area (Å²) in [4.78, 5) is 19.3. The van der Waals surface area contributed by atoms with Crippen LogP contribution in [0.4, 0.5) is 0 Å². The Morgan fingerprint density at radius 1 is 1.33 bits per heavy atom. The van der Waals surface area contributed by atoms with E-state index in [0.717, 1.165) is 41.1 Å². The van der Waals surface area contributed by atoms with Crippen molar-refractivity contribution in [2.75, 3.05) is 6.54 Å². The molecule has 0 saturated carbocycles. The van der Waals surface area contributed by atoms with Gasteiger partial charge in [-0.15, -0.1) is 0 Å². The maximum Gasteiger partial charge on any atom is 0.257 e. The molecule has 0 aliphatic carbocycles. The van der Waals surface area contributed by atoms with E-state index in [1.54, 1.807) is 11.6 Å². The molecule has 1 aromatic heterocycles. The molecule has 0 saturated heterocycles. The van der Waals surface area contributed by atoms with Gasteiger partial charge in [-0.2, -0.15) is 0 Å². The standard InChI is InChI=1S/C16H18BrN3O/c1-11-18-15-7-8-20(10-13(15)16(21)19(11)2)9-12-5-3-4-6-14(12)17/h3-6H,7-10H2,1-2H3. The molecule has 21 heavy (non-hydrogen) atoms. The number of fused-ring (bicyclic) bond motifs is 1. The molecule has 0 bridgehead atoms. The van der Waals surface area contributed by atoms with Crippen molar-refractivity contribution in [2.45, 2.75) is 26.4 Å². The maximum absolute atomic E-state index is 12.4. The number of halogens is 1. The summed E-state index contributed by atoms with van der Waals surface area (Å²) in [5, 5.41) is 0. The zero-order valence-corrected chi connectivity index (χ0v) is 13.9. The zero-order valence-electron chi connectivity index (χ0n) is 12.3. The highest BCUT2D eigenvalue weighted by Crippen LogP contribution is 2.21. The summed E-state index contributed by atoms with van der Waals surface area (Å²) in [5.74, 6) is 0.790. The normalized spacial score (nSPS) is 15.0. The first-order valence-electron chi connectivity index (χ1n) is 7.07. The molecule has 0 spiro atoms. The van der Waals surface area contributed by atoms with Gasteiger partial charge in [-0.3, -0.25) is 14.3 Å². The van der Waals surface area contributed by atoms with E-state index in [4.69, 9.17) is 0 Å². The summed E-state index contributed by atoms with van der Waals surface area (Å²) in [6.45, 7) is 4.34. The van der Waals surface area contributed by atoms with Gasteiger partial charge in [0.1, 0.15) is 5.82 Å². The lowest BCUT2D eigenvalue weighted by Gasteiger charge is -2.28. The van der Waals surface area contributed by atoms with E-state index >= 15 is 0 Å². The number of aryl methyl sites for hydroxylation is 1. The van der Waals surface area contributed by atoms with Gasteiger partial charge in [-0.05, 0) is 18.6 Å². The van der Waals surface area contributed by atoms with Gasteiger partial charge < -0.3 is 0 Å². The second-order valence-corrected chi connectivity index (χ2v) is 6.35. The average molecular weight is 348 g/mol. The van der Waals surface area contributed by atoms with Crippen molar-refractivity contribution in [1.82, 2.24) is 14.5 Å². The van der Waals surface area contributed by atoms with Crippen LogP contribution in [0.3, 0.4) is 0 Å². The fourth-order valence-electron chi connectivity index (χ4n) is 2.75. The maximum atomic E-state index is 12.4. The summed E-state index contributed by atoms with van der Waals surface area (Å²) in [7, 11) is 1.79. The van der Waals surface area contributed by atoms with E-state index in [2.05, 4.69) is 37.9 Å². The van der Waals surface area contributed by atoms with Crippen molar-refractivity contribution in [1.29, 1.82) is 0 Å². The van der Waals surface area contributed by atoms with Crippen LogP contribution in [0.15, 0.2) is 33.5 Å². The molecule has 0 atom stereocenters. The third-order valence-corrected chi connectivity index (χ3v) is 4.87. The van der Waals surface area contributed by atoms with Crippen LogP contribution in [0.25, 0.3) is 0 Å². The van der Waals surface area contributed by atoms with E-state index in [-0.39, 0.29) is 5.56 Å². The molecule has 0 radical (unpaired) electrons. The first-order chi connectivity index (χ1) is 10.1. The Hall–Kier alpha value is -1.46. The van der Waals surface area contributed by atoms with Gasteiger partial charge in [-0.1, -0.05) is 34.1 Å². The lowest BCUT2D eigenvalue weighted by molar-refractivity contribution is 0.240. The van der Waals surface area contributed by atoms with Crippen molar-refractivity contribution in [3.63, 3.8) is 0 Å². The Labute approximate surface area is 132 Å². The second-order valence-electron chi connectivity index (χ2n) is 5.50. The van der Waals surface area contributed by atoms with Crippen molar-refractivity contribution in [3.05, 3.63) is 61.7 Å². The molecule has 0 amide bonds. The van der Waals surface area contributed by atoms with Crippen LogP contribution in [-0.2, 0) is 26.6 Å². The van der Waals surface area contributed by atoms with Crippen LogP contribution in [0.1, 0.15) is 22.6 Å². The molecule has 4 nitrogen and oxygen atoms in total. The van der Waals surface area contributed by atoms with Gasteiger partial charge in [0.15, 0.2) is 0 Å². The van der Waals surface area contributed by atoms with Crippen LogP contribution in [-0.4, -0.2) is 21.0 Å². The number of benzene rings is 1. The summed E-state index contributed by atoms with van der Waals surface area (Å²) in [6.07, 6.45) is 0.844. The minimum Gasteiger partial charge on any atom is -0.300 e. The fourth-order valence-corrected chi connectivity index (χ4v) is 3.16. The molecule has 2 aromatic rings. The summed E-state index contributed by atoms with van der Waals surface area (Å²) >= 11 is 3.59. The molecule has 1 aliphatic heterocycles. The van der Waals surface area contributed by atoms with Crippen molar-refractivity contribution in [3.8, 4) is 0 Å². The molecule has 2 heterocycles. The third-order valence-electron chi connectivity index (χ3n) is 4.09.